The van der Waals surface area contributed by atoms with Gasteiger partial charge in [0.1, 0.15) is 11.6 Å². The molecule has 0 bridgehead atoms. The number of hydrogen-bond acceptors (Lipinski definition) is 3. The van der Waals surface area contributed by atoms with Crippen LogP contribution >= 0.6 is 0 Å². The molecule has 0 unspecified atom stereocenters. The minimum absolute atomic E-state index is 0.273. The topological polar surface area (TPSA) is 59.2 Å². The van der Waals surface area contributed by atoms with Crippen molar-refractivity contribution in [3.8, 4) is 0 Å². The number of nitrogens with two attached hydrogens (primary N) is 1. The molecule has 0 saturated heterocycles. The van der Waals surface area contributed by atoms with Crippen molar-refractivity contribution in [3.63, 3.8) is 0 Å². The zero-order chi connectivity index (χ0) is 14.0. The fourth-order valence-corrected chi connectivity index (χ4v) is 1.66. The molecule has 98 valence electrons. The van der Waals surface area contributed by atoms with E-state index in [2.05, 4.69) is 4.98 Å². The molecule has 2 aromatic rings. The van der Waals surface area contributed by atoms with E-state index < -0.39 is 17.5 Å². The van der Waals surface area contributed by atoms with Crippen LogP contribution in [0.3, 0.4) is 0 Å². The molecule has 2 rings (SSSR count). The highest BCUT2D eigenvalue weighted by atomic mass is 19.1. The van der Waals surface area contributed by atoms with E-state index in [1.807, 2.05) is 0 Å². The van der Waals surface area contributed by atoms with Gasteiger partial charge in [-0.05, 0) is 24.3 Å². The third kappa shape index (κ3) is 2.52. The van der Waals surface area contributed by atoms with Crippen molar-refractivity contribution in [2.45, 2.75) is 0 Å². The number of aromatic nitrogens is 1. The quantitative estimate of drug-likeness (QED) is 0.903. The van der Waals surface area contributed by atoms with Gasteiger partial charge in [0.15, 0.2) is 0 Å². The summed E-state index contributed by atoms with van der Waals surface area (Å²) in [5.41, 5.74) is 5.98. The molecule has 0 radical (unpaired) electrons. The highest BCUT2D eigenvalue weighted by Crippen LogP contribution is 2.22. The predicted molar refractivity (Wildman–Crippen MR) is 67.7 cm³/mol. The van der Waals surface area contributed by atoms with Crippen molar-refractivity contribution in [1.82, 2.24) is 4.98 Å². The summed E-state index contributed by atoms with van der Waals surface area (Å²) >= 11 is 0. The van der Waals surface area contributed by atoms with Crippen molar-refractivity contribution in [3.05, 3.63) is 53.9 Å². The number of benzene rings is 1. The third-order valence-corrected chi connectivity index (χ3v) is 2.65. The summed E-state index contributed by atoms with van der Waals surface area (Å²) in [7, 11) is 1.43. The van der Waals surface area contributed by atoms with Gasteiger partial charge in [0.2, 0.25) is 0 Å². The number of amides is 1. The summed E-state index contributed by atoms with van der Waals surface area (Å²) in [6.45, 7) is 0. The van der Waals surface area contributed by atoms with Crippen LogP contribution in [0, 0.1) is 11.6 Å². The Morgan fingerprint density at radius 1 is 1.32 bits per heavy atom. The molecule has 2 N–H and O–H groups in total. The van der Waals surface area contributed by atoms with Crippen LogP contribution in [0.5, 0.6) is 0 Å². The first-order chi connectivity index (χ1) is 9.00. The van der Waals surface area contributed by atoms with Crippen LogP contribution in [0.4, 0.5) is 20.2 Å². The van der Waals surface area contributed by atoms with Crippen LogP contribution in [0.25, 0.3) is 0 Å². The maximum atomic E-state index is 13.5. The zero-order valence-corrected chi connectivity index (χ0v) is 10.1. The first-order valence-electron chi connectivity index (χ1n) is 5.43. The van der Waals surface area contributed by atoms with Crippen LogP contribution in [-0.4, -0.2) is 17.9 Å². The van der Waals surface area contributed by atoms with Crippen LogP contribution in [0.1, 0.15) is 10.4 Å². The zero-order valence-electron chi connectivity index (χ0n) is 10.1. The lowest BCUT2D eigenvalue weighted by Crippen LogP contribution is -2.28. The molecule has 0 atom stereocenters. The van der Waals surface area contributed by atoms with Crippen LogP contribution < -0.4 is 10.6 Å². The van der Waals surface area contributed by atoms with Crippen molar-refractivity contribution < 1.29 is 13.6 Å². The van der Waals surface area contributed by atoms with Gasteiger partial charge < -0.3 is 10.6 Å². The number of nitrogen functional groups attached to an aromatic ring is 1. The Morgan fingerprint density at radius 3 is 2.74 bits per heavy atom. The number of carbonyl (C=O) groups is 1. The average molecular weight is 263 g/mol. The Balaban J connectivity index is 2.39. The number of pyridine rings is 1. The van der Waals surface area contributed by atoms with E-state index >= 15 is 0 Å². The SMILES string of the molecule is CN(C(=O)c1cc(F)ccc1F)c1ccncc1N. The first kappa shape index (κ1) is 12.9. The molecule has 19 heavy (non-hydrogen) atoms. The van der Waals surface area contributed by atoms with Gasteiger partial charge in [-0.15, -0.1) is 0 Å². The Kier molecular flexibility index (Phi) is 3.41. The van der Waals surface area contributed by atoms with E-state index in [0.29, 0.717) is 5.69 Å². The van der Waals surface area contributed by atoms with E-state index in [-0.39, 0.29) is 11.3 Å². The van der Waals surface area contributed by atoms with Gasteiger partial charge in [-0.25, -0.2) is 8.78 Å². The summed E-state index contributed by atoms with van der Waals surface area (Å²) in [6, 6.07) is 4.23. The largest absolute Gasteiger partial charge is 0.396 e. The molecule has 6 heteroatoms. The second kappa shape index (κ2) is 5.01. The fourth-order valence-electron chi connectivity index (χ4n) is 1.66. The summed E-state index contributed by atoms with van der Waals surface area (Å²) in [6.07, 6.45) is 2.83. The number of halogens is 2. The second-order valence-corrected chi connectivity index (χ2v) is 3.92. The molecule has 0 spiro atoms. The molecular weight excluding hydrogens is 252 g/mol. The molecule has 0 fully saturated rings. The van der Waals surface area contributed by atoms with Crippen molar-refractivity contribution in [2.75, 3.05) is 17.7 Å². The van der Waals surface area contributed by atoms with E-state index in [0.717, 1.165) is 23.1 Å². The van der Waals surface area contributed by atoms with Gasteiger partial charge in [0.25, 0.3) is 5.91 Å². The summed E-state index contributed by atoms with van der Waals surface area (Å²) in [5, 5.41) is 0. The van der Waals surface area contributed by atoms with E-state index in [1.54, 1.807) is 0 Å². The summed E-state index contributed by atoms with van der Waals surface area (Å²) in [4.78, 5) is 17.1. The number of anilines is 2. The van der Waals surface area contributed by atoms with Crippen LogP contribution in [0.15, 0.2) is 36.7 Å². The highest BCUT2D eigenvalue weighted by molar-refractivity contribution is 6.07. The first-order valence-corrected chi connectivity index (χ1v) is 5.43. The van der Waals surface area contributed by atoms with Crippen LogP contribution in [0.2, 0.25) is 0 Å². The Morgan fingerprint density at radius 2 is 2.05 bits per heavy atom. The molecule has 0 aliphatic rings. The highest BCUT2D eigenvalue weighted by Gasteiger charge is 2.19. The molecule has 0 saturated carbocycles. The van der Waals surface area contributed by atoms with E-state index in [9.17, 15) is 13.6 Å². The molecule has 1 aromatic carbocycles. The Labute approximate surface area is 108 Å². The van der Waals surface area contributed by atoms with Gasteiger partial charge in [0.05, 0.1) is 23.1 Å². The maximum absolute atomic E-state index is 13.5. The number of rotatable bonds is 2. The Bertz CT molecular complexity index is 631. The lowest BCUT2D eigenvalue weighted by molar-refractivity contribution is 0.0988. The lowest BCUT2D eigenvalue weighted by atomic mass is 10.1. The van der Waals surface area contributed by atoms with Crippen molar-refractivity contribution in [2.24, 2.45) is 0 Å². The normalized spacial score (nSPS) is 10.3. The molecule has 1 aromatic heterocycles. The minimum atomic E-state index is -0.786. The van der Waals surface area contributed by atoms with E-state index in [4.69, 9.17) is 5.73 Å². The Hall–Kier alpha value is -2.50. The second-order valence-electron chi connectivity index (χ2n) is 3.92. The molecular formula is C13H11F2N3O. The molecule has 1 heterocycles. The summed E-state index contributed by atoms with van der Waals surface area (Å²) in [5.74, 6) is -2.15. The molecule has 1 amide bonds. The molecule has 0 aliphatic carbocycles. The molecule has 4 nitrogen and oxygen atoms in total. The fraction of sp³-hybridized carbons (Fsp3) is 0.0769. The van der Waals surface area contributed by atoms with Crippen molar-refractivity contribution in [1.29, 1.82) is 0 Å². The number of nitrogens with zero attached hydrogens (tertiary/aromatic N) is 2. The van der Waals surface area contributed by atoms with Crippen LogP contribution in [-0.2, 0) is 0 Å². The van der Waals surface area contributed by atoms with Gasteiger partial charge in [-0.1, -0.05) is 0 Å². The van der Waals surface area contributed by atoms with Gasteiger partial charge in [-0.3, -0.25) is 9.78 Å². The van der Waals surface area contributed by atoms with Gasteiger partial charge >= 0.3 is 0 Å². The predicted octanol–water partition coefficient (Wildman–Crippen LogP) is 2.22. The van der Waals surface area contributed by atoms with Crippen molar-refractivity contribution >= 4 is 17.3 Å². The maximum Gasteiger partial charge on any atom is 0.261 e. The smallest absolute Gasteiger partial charge is 0.261 e. The number of hydrogen-bond donors (Lipinski definition) is 1. The third-order valence-electron chi connectivity index (χ3n) is 2.65. The minimum Gasteiger partial charge on any atom is -0.396 e. The monoisotopic (exact) mass is 263 g/mol. The summed E-state index contributed by atoms with van der Waals surface area (Å²) < 4.78 is 26.6. The van der Waals surface area contributed by atoms with E-state index in [1.165, 1.54) is 25.5 Å². The lowest BCUT2D eigenvalue weighted by Gasteiger charge is -2.19. The van der Waals surface area contributed by atoms with Gasteiger partial charge in [0, 0.05) is 13.2 Å². The average Bonchev–Trinajstić information content (AvgIpc) is 2.40. The van der Waals surface area contributed by atoms with Gasteiger partial charge in [-0.2, -0.15) is 0 Å². The standard InChI is InChI=1S/C13H11F2N3O/c1-18(12-4-5-17-7-11(12)16)13(19)9-6-8(14)2-3-10(9)15/h2-7H,16H2,1H3. The molecule has 0 aliphatic heterocycles. The number of carbonyl (C=O) groups excluding carboxylic acids is 1.